The van der Waals surface area contributed by atoms with Crippen molar-refractivity contribution in [2.24, 2.45) is 0 Å². The maximum atomic E-state index is 11.2. The summed E-state index contributed by atoms with van der Waals surface area (Å²) in [5, 5.41) is 0. The topological polar surface area (TPSA) is 78.9 Å². The molecule has 6 nitrogen and oxygen atoms in total. The Morgan fingerprint density at radius 1 is 1.06 bits per heavy atom. The average Bonchev–Trinajstić information content (AvgIpc) is 2.27. The lowest BCUT2D eigenvalue weighted by Gasteiger charge is -2.23. The zero-order valence-corrected chi connectivity index (χ0v) is 11.1. The largest absolute Gasteiger partial charge is 0.734 e. The molecule has 0 rings (SSSR count). The van der Waals surface area contributed by atoms with Crippen LogP contribution in [-0.2, 0) is 27.7 Å². The molecule has 0 bridgehead atoms. The third kappa shape index (κ3) is 5.30. The molecule has 0 saturated heterocycles. The molecule has 0 spiro atoms. The molecule has 0 fully saturated rings. The van der Waals surface area contributed by atoms with Crippen molar-refractivity contribution in [1.82, 2.24) is 0 Å². The van der Waals surface area contributed by atoms with Crippen molar-refractivity contribution in [2.75, 3.05) is 0 Å². The highest BCUT2D eigenvalue weighted by molar-refractivity contribution is 6.70. The molecule has 0 aromatic heterocycles. The second kappa shape index (κ2) is 6.84. The number of hydrogen-bond acceptors (Lipinski definition) is 6. The van der Waals surface area contributed by atoms with Crippen LogP contribution < -0.4 is 0 Å². The van der Waals surface area contributed by atoms with Crippen LogP contribution in [0.25, 0.3) is 0 Å². The zero-order chi connectivity index (χ0) is 13.5. The van der Waals surface area contributed by atoms with Crippen molar-refractivity contribution >= 4 is 26.7 Å². The maximum Gasteiger partial charge on any atom is 0.734 e. The summed E-state index contributed by atoms with van der Waals surface area (Å²) in [6, 6.07) is 0. The molecule has 0 aromatic carbocycles. The molecule has 0 aliphatic heterocycles. The van der Waals surface area contributed by atoms with Gasteiger partial charge in [0.25, 0.3) is 17.9 Å². The normalized spacial score (nSPS) is 10.3. The molecule has 0 atom stereocenters. The van der Waals surface area contributed by atoms with E-state index in [1.54, 1.807) is 13.8 Å². The summed E-state index contributed by atoms with van der Waals surface area (Å²) in [4.78, 5) is 33.4. The molecule has 0 unspecified atom stereocenters. The van der Waals surface area contributed by atoms with Gasteiger partial charge in [0.1, 0.15) is 0 Å². The Morgan fingerprint density at radius 3 is 1.71 bits per heavy atom. The Balaban J connectivity index is 4.98. The monoisotopic (exact) mass is 260 g/mol. The van der Waals surface area contributed by atoms with Gasteiger partial charge in [-0.1, -0.05) is 20.4 Å². The van der Waals surface area contributed by atoms with Gasteiger partial charge in [0.2, 0.25) is 0 Å². The summed E-state index contributed by atoms with van der Waals surface area (Å²) in [5.74, 6) is -1.95. The summed E-state index contributed by atoms with van der Waals surface area (Å²) < 4.78 is 14.7. The van der Waals surface area contributed by atoms with E-state index in [1.807, 2.05) is 0 Å². The van der Waals surface area contributed by atoms with Crippen molar-refractivity contribution < 1.29 is 27.7 Å². The fourth-order valence-electron chi connectivity index (χ4n) is 0.850. The Kier molecular flexibility index (Phi) is 6.19. The van der Waals surface area contributed by atoms with E-state index < -0.39 is 26.7 Å². The quantitative estimate of drug-likeness (QED) is 0.666. The third-order valence-corrected chi connectivity index (χ3v) is 3.72. The van der Waals surface area contributed by atoms with Gasteiger partial charge in [-0.2, -0.15) is 0 Å². The van der Waals surface area contributed by atoms with Crippen LogP contribution in [0.4, 0.5) is 0 Å². The van der Waals surface area contributed by atoms with Crippen LogP contribution in [0.5, 0.6) is 0 Å². The van der Waals surface area contributed by atoms with Crippen molar-refractivity contribution in [3.63, 3.8) is 0 Å². The predicted molar refractivity (Wildman–Crippen MR) is 60.5 cm³/mol. The first-order valence-electron chi connectivity index (χ1n) is 5.16. The SMILES string of the molecule is C=C[Si](OC(C)=O)(OC(=O)CC)OC(=O)CC. The first-order valence-corrected chi connectivity index (χ1v) is 6.96. The van der Waals surface area contributed by atoms with Crippen molar-refractivity contribution in [1.29, 1.82) is 0 Å². The molecular formula is C10H16O6Si. The number of carbonyl (C=O) groups is 3. The van der Waals surface area contributed by atoms with Crippen LogP contribution >= 0.6 is 0 Å². The molecule has 7 heteroatoms. The summed E-state index contributed by atoms with van der Waals surface area (Å²) >= 11 is 0. The summed E-state index contributed by atoms with van der Waals surface area (Å²) in [5.41, 5.74) is 1.08. The third-order valence-electron chi connectivity index (χ3n) is 1.63. The molecule has 0 aliphatic carbocycles. The van der Waals surface area contributed by atoms with Crippen LogP contribution in [0.2, 0.25) is 0 Å². The summed E-state index contributed by atoms with van der Waals surface area (Å²) in [7, 11) is -3.79. The molecule has 0 amide bonds. The van der Waals surface area contributed by atoms with E-state index in [0.29, 0.717) is 0 Å². The van der Waals surface area contributed by atoms with E-state index in [4.69, 9.17) is 13.3 Å². The van der Waals surface area contributed by atoms with Gasteiger partial charge < -0.3 is 13.3 Å². The lowest BCUT2D eigenvalue weighted by atomic mass is 10.5. The minimum absolute atomic E-state index is 0.0769. The first kappa shape index (κ1) is 15.4. The van der Waals surface area contributed by atoms with Gasteiger partial charge in [0.15, 0.2) is 0 Å². The number of hydrogen-bond donors (Lipinski definition) is 0. The molecule has 0 N–H and O–H groups in total. The minimum Gasteiger partial charge on any atom is -0.452 e. The van der Waals surface area contributed by atoms with E-state index in [2.05, 4.69) is 6.58 Å². The number of carbonyl (C=O) groups excluding carboxylic acids is 3. The highest BCUT2D eigenvalue weighted by Crippen LogP contribution is 2.14. The first-order chi connectivity index (χ1) is 7.89. The Bertz CT molecular complexity index is 307. The Morgan fingerprint density at radius 2 is 1.47 bits per heavy atom. The Labute approximate surface area is 101 Å². The lowest BCUT2D eigenvalue weighted by molar-refractivity contribution is -0.148. The maximum absolute atomic E-state index is 11.2. The zero-order valence-electron chi connectivity index (χ0n) is 10.1. The molecule has 96 valence electrons. The molecular weight excluding hydrogens is 244 g/mol. The predicted octanol–water partition coefficient (Wildman–Crippen LogP) is 1.12. The van der Waals surface area contributed by atoms with Gasteiger partial charge in [-0.3, -0.25) is 14.4 Å². The fraction of sp³-hybridized carbons (Fsp3) is 0.500. The van der Waals surface area contributed by atoms with Gasteiger partial charge in [-0.15, -0.1) is 0 Å². The van der Waals surface area contributed by atoms with Gasteiger partial charge in [0, 0.05) is 25.5 Å². The molecule has 17 heavy (non-hydrogen) atoms. The standard InChI is InChI=1S/C10H16O6Si/c1-5-9(12)15-17(7-3,14-8(4)11)16-10(13)6-2/h7H,3,5-6H2,1-2,4H3. The van der Waals surface area contributed by atoms with E-state index >= 15 is 0 Å². The lowest BCUT2D eigenvalue weighted by Crippen LogP contribution is -2.48. The number of rotatable bonds is 6. The van der Waals surface area contributed by atoms with Crippen molar-refractivity contribution in [3.8, 4) is 0 Å². The molecule has 0 aromatic rings. The van der Waals surface area contributed by atoms with Crippen LogP contribution in [0, 0.1) is 0 Å². The van der Waals surface area contributed by atoms with Gasteiger partial charge in [0.05, 0.1) is 0 Å². The Hall–Kier alpha value is -1.63. The van der Waals surface area contributed by atoms with Crippen LogP contribution in [-0.4, -0.2) is 26.7 Å². The van der Waals surface area contributed by atoms with Crippen LogP contribution in [0.1, 0.15) is 33.6 Å². The summed E-state index contributed by atoms with van der Waals surface area (Å²) in [6.45, 7) is 7.66. The minimum atomic E-state index is -3.79. The molecule has 0 heterocycles. The molecule has 0 aliphatic rings. The van der Waals surface area contributed by atoms with Gasteiger partial charge >= 0.3 is 8.80 Å². The van der Waals surface area contributed by atoms with E-state index in [-0.39, 0.29) is 12.8 Å². The van der Waals surface area contributed by atoms with Crippen molar-refractivity contribution in [3.05, 3.63) is 12.3 Å². The van der Waals surface area contributed by atoms with Gasteiger partial charge in [-0.25, -0.2) is 0 Å². The average molecular weight is 260 g/mol. The molecule has 0 radical (unpaired) electrons. The van der Waals surface area contributed by atoms with E-state index in [0.717, 1.165) is 12.6 Å². The highest BCUT2D eigenvalue weighted by atomic mass is 28.4. The van der Waals surface area contributed by atoms with Crippen LogP contribution in [0.15, 0.2) is 12.3 Å². The second-order valence-corrected chi connectivity index (χ2v) is 5.28. The van der Waals surface area contributed by atoms with Gasteiger partial charge in [-0.05, 0) is 0 Å². The van der Waals surface area contributed by atoms with E-state index in [9.17, 15) is 14.4 Å². The fourth-order valence-corrected chi connectivity index (χ4v) is 2.55. The highest BCUT2D eigenvalue weighted by Gasteiger charge is 2.49. The van der Waals surface area contributed by atoms with Crippen LogP contribution in [0.3, 0.4) is 0 Å². The smallest absolute Gasteiger partial charge is 0.452 e. The van der Waals surface area contributed by atoms with E-state index in [1.165, 1.54) is 0 Å². The summed E-state index contributed by atoms with van der Waals surface area (Å²) in [6.07, 6.45) is 0.154. The van der Waals surface area contributed by atoms with Crippen molar-refractivity contribution in [2.45, 2.75) is 33.6 Å². The second-order valence-electron chi connectivity index (χ2n) is 3.06. The molecule has 0 saturated carbocycles.